The number of amides is 2. The Kier molecular flexibility index (Phi) is 9.19. The number of benzene rings is 1. The average molecular weight is 377 g/mol. The molecule has 8 heteroatoms. The van der Waals surface area contributed by atoms with Gasteiger partial charge in [0.2, 0.25) is 0 Å². The molecule has 0 saturated heterocycles. The molecule has 1 aromatic rings. The molecule has 27 heavy (non-hydrogen) atoms. The summed E-state index contributed by atoms with van der Waals surface area (Å²) >= 11 is 0. The Morgan fingerprint density at radius 1 is 0.741 bits per heavy atom. The summed E-state index contributed by atoms with van der Waals surface area (Å²) in [7, 11) is 0. The first kappa shape index (κ1) is 20.8. The zero-order chi connectivity index (χ0) is 19.3. The molecule has 0 aliphatic carbocycles. The average Bonchev–Trinajstić information content (AvgIpc) is 3.01. The lowest BCUT2D eigenvalue weighted by Crippen LogP contribution is -2.33. The van der Waals surface area contributed by atoms with Crippen LogP contribution in [0.5, 0.6) is 0 Å². The summed E-state index contributed by atoms with van der Waals surface area (Å²) < 4.78 is 21.0. The molecule has 0 spiro atoms. The molecular weight excluding hydrogens is 354 g/mol. The molecular formula is C19H23NO7. The summed E-state index contributed by atoms with van der Waals surface area (Å²) in [6.45, 7) is 2.49. The van der Waals surface area contributed by atoms with Crippen molar-refractivity contribution in [3.8, 4) is 0 Å². The monoisotopic (exact) mass is 377 g/mol. The van der Waals surface area contributed by atoms with Crippen molar-refractivity contribution in [2.75, 3.05) is 52.8 Å². The lowest BCUT2D eigenvalue weighted by atomic mass is 10.2. The number of hydrogen-bond donors (Lipinski definition) is 0. The van der Waals surface area contributed by atoms with Gasteiger partial charge in [0.05, 0.1) is 51.7 Å². The third kappa shape index (κ3) is 7.69. The van der Waals surface area contributed by atoms with Gasteiger partial charge < -0.3 is 18.9 Å². The Morgan fingerprint density at radius 2 is 1.26 bits per heavy atom. The Morgan fingerprint density at radius 3 is 1.85 bits per heavy atom. The Bertz CT molecular complexity index is 627. The van der Waals surface area contributed by atoms with Crippen LogP contribution in [0.1, 0.15) is 10.4 Å². The van der Waals surface area contributed by atoms with E-state index in [2.05, 4.69) is 0 Å². The van der Waals surface area contributed by atoms with Crippen molar-refractivity contribution in [2.45, 2.75) is 0 Å². The smallest absolute Gasteiger partial charge is 0.338 e. The molecule has 0 radical (unpaired) electrons. The molecule has 0 aromatic heterocycles. The van der Waals surface area contributed by atoms with Gasteiger partial charge in [0.15, 0.2) is 0 Å². The summed E-state index contributed by atoms with van der Waals surface area (Å²) in [5.41, 5.74) is 0.510. The minimum Gasteiger partial charge on any atom is -0.460 e. The highest BCUT2D eigenvalue weighted by atomic mass is 16.6. The van der Waals surface area contributed by atoms with Crippen molar-refractivity contribution in [1.82, 2.24) is 4.90 Å². The summed E-state index contributed by atoms with van der Waals surface area (Å²) in [4.78, 5) is 35.4. The Balaban J connectivity index is 1.35. The summed E-state index contributed by atoms with van der Waals surface area (Å²) in [6, 6.07) is 8.76. The van der Waals surface area contributed by atoms with E-state index in [0.29, 0.717) is 38.6 Å². The molecule has 0 unspecified atom stereocenters. The molecule has 146 valence electrons. The van der Waals surface area contributed by atoms with E-state index in [1.54, 1.807) is 24.3 Å². The summed E-state index contributed by atoms with van der Waals surface area (Å²) in [5.74, 6) is -1.00. The minimum atomic E-state index is -0.374. The number of esters is 1. The topological polar surface area (TPSA) is 91.4 Å². The quantitative estimate of drug-likeness (QED) is 0.285. The minimum absolute atomic E-state index is 0.180. The predicted octanol–water partition coefficient (Wildman–Crippen LogP) is 0.818. The fourth-order valence-corrected chi connectivity index (χ4v) is 2.20. The lowest BCUT2D eigenvalue weighted by Gasteiger charge is -2.13. The van der Waals surface area contributed by atoms with E-state index >= 15 is 0 Å². The van der Waals surface area contributed by atoms with Crippen LogP contribution < -0.4 is 0 Å². The van der Waals surface area contributed by atoms with E-state index in [9.17, 15) is 14.4 Å². The number of nitrogens with zero attached hydrogens (tertiary/aromatic N) is 1. The summed E-state index contributed by atoms with van der Waals surface area (Å²) in [5, 5.41) is 0. The Labute approximate surface area is 157 Å². The second-order valence-electron chi connectivity index (χ2n) is 5.50. The first-order chi connectivity index (χ1) is 13.2. The SMILES string of the molecule is O=C(OCCOCCOCCOCCN1C(=O)C=CC1=O)c1ccccc1. The molecule has 0 bridgehead atoms. The van der Waals surface area contributed by atoms with Crippen molar-refractivity contribution in [3.63, 3.8) is 0 Å². The van der Waals surface area contributed by atoms with Gasteiger partial charge in [0.1, 0.15) is 6.61 Å². The van der Waals surface area contributed by atoms with Gasteiger partial charge in [-0.3, -0.25) is 14.5 Å². The van der Waals surface area contributed by atoms with Crippen molar-refractivity contribution in [3.05, 3.63) is 48.0 Å². The van der Waals surface area contributed by atoms with Crippen LogP contribution >= 0.6 is 0 Å². The van der Waals surface area contributed by atoms with Crippen molar-refractivity contribution < 1.29 is 33.3 Å². The second-order valence-corrected chi connectivity index (χ2v) is 5.50. The van der Waals surface area contributed by atoms with Gasteiger partial charge in [-0.15, -0.1) is 0 Å². The predicted molar refractivity (Wildman–Crippen MR) is 95.0 cm³/mol. The summed E-state index contributed by atoms with van der Waals surface area (Å²) in [6.07, 6.45) is 2.49. The molecule has 0 N–H and O–H groups in total. The zero-order valence-corrected chi connectivity index (χ0v) is 15.0. The standard InChI is InChI=1S/C19H23NO7/c21-17-6-7-18(22)20(17)8-9-24-10-11-25-12-13-26-14-15-27-19(23)16-4-2-1-3-5-16/h1-7H,8-15H2. The van der Waals surface area contributed by atoms with Gasteiger partial charge in [0, 0.05) is 12.2 Å². The number of imide groups is 1. The van der Waals surface area contributed by atoms with Gasteiger partial charge in [-0.1, -0.05) is 18.2 Å². The van der Waals surface area contributed by atoms with E-state index < -0.39 is 0 Å². The second kappa shape index (κ2) is 11.9. The molecule has 1 aromatic carbocycles. The fraction of sp³-hybridized carbons (Fsp3) is 0.421. The van der Waals surface area contributed by atoms with E-state index in [-0.39, 0.29) is 37.5 Å². The van der Waals surface area contributed by atoms with Gasteiger partial charge in [-0.2, -0.15) is 0 Å². The molecule has 1 aliphatic heterocycles. The van der Waals surface area contributed by atoms with Crippen LogP contribution in [0.4, 0.5) is 0 Å². The van der Waals surface area contributed by atoms with Crippen molar-refractivity contribution in [2.24, 2.45) is 0 Å². The van der Waals surface area contributed by atoms with Crippen LogP contribution in [0.25, 0.3) is 0 Å². The highest BCUT2D eigenvalue weighted by molar-refractivity contribution is 6.12. The van der Waals surface area contributed by atoms with Gasteiger partial charge in [-0.05, 0) is 12.1 Å². The molecule has 0 atom stereocenters. The van der Waals surface area contributed by atoms with E-state index in [0.717, 1.165) is 4.90 Å². The van der Waals surface area contributed by atoms with Gasteiger partial charge in [-0.25, -0.2) is 4.79 Å². The maximum Gasteiger partial charge on any atom is 0.338 e. The third-order valence-corrected chi connectivity index (χ3v) is 3.57. The van der Waals surface area contributed by atoms with E-state index in [1.807, 2.05) is 6.07 Å². The van der Waals surface area contributed by atoms with Crippen LogP contribution in [0.2, 0.25) is 0 Å². The number of carbonyl (C=O) groups excluding carboxylic acids is 3. The van der Waals surface area contributed by atoms with Crippen LogP contribution in [-0.4, -0.2) is 75.5 Å². The molecule has 0 saturated carbocycles. The molecule has 1 heterocycles. The number of carbonyl (C=O) groups is 3. The maximum absolute atomic E-state index is 11.7. The first-order valence-corrected chi connectivity index (χ1v) is 8.67. The largest absolute Gasteiger partial charge is 0.460 e. The van der Waals surface area contributed by atoms with Crippen LogP contribution in [0.15, 0.2) is 42.5 Å². The van der Waals surface area contributed by atoms with Gasteiger partial charge in [0.25, 0.3) is 11.8 Å². The van der Waals surface area contributed by atoms with Crippen LogP contribution in [0.3, 0.4) is 0 Å². The van der Waals surface area contributed by atoms with Crippen molar-refractivity contribution >= 4 is 17.8 Å². The molecule has 8 nitrogen and oxygen atoms in total. The molecule has 2 rings (SSSR count). The van der Waals surface area contributed by atoms with Crippen LogP contribution in [-0.2, 0) is 28.5 Å². The highest BCUT2D eigenvalue weighted by Gasteiger charge is 2.22. The van der Waals surface area contributed by atoms with E-state index in [1.165, 1.54) is 12.2 Å². The van der Waals surface area contributed by atoms with Crippen molar-refractivity contribution in [1.29, 1.82) is 0 Å². The number of ether oxygens (including phenoxy) is 4. The third-order valence-electron chi connectivity index (χ3n) is 3.57. The zero-order valence-electron chi connectivity index (χ0n) is 15.0. The number of rotatable bonds is 13. The molecule has 2 amide bonds. The number of hydrogen-bond acceptors (Lipinski definition) is 7. The molecule has 0 fully saturated rings. The van der Waals surface area contributed by atoms with Crippen LogP contribution in [0, 0.1) is 0 Å². The normalized spacial score (nSPS) is 13.4. The molecule has 1 aliphatic rings. The fourth-order valence-electron chi connectivity index (χ4n) is 2.20. The van der Waals surface area contributed by atoms with E-state index in [4.69, 9.17) is 18.9 Å². The first-order valence-electron chi connectivity index (χ1n) is 8.67. The van der Waals surface area contributed by atoms with Gasteiger partial charge >= 0.3 is 5.97 Å². The Hall–Kier alpha value is -2.55. The highest BCUT2D eigenvalue weighted by Crippen LogP contribution is 2.02. The maximum atomic E-state index is 11.7. The lowest BCUT2D eigenvalue weighted by molar-refractivity contribution is -0.137.